The van der Waals surface area contributed by atoms with Crippen LogP contribution in [0.15, 0.2) is 41.8 Å². The topological polar surface area (TPSA) is 86.8 Å². The molecule has 7 nitrogen and oxygen atoms in total. The lowest BCUT2D eigenvalue weighted by molar-refractivity contribution is -0.148. The maximum atomic E-state index is 13.5. The van der Waals surface area contributed by atoms with Gasteiger partial charge in [-0.05, 0) is 29.8 Å². The summed E-state index contributed by atoms with van der Waals surface area (Å²) in [6.07, 6.45) is -0.0548. The average molecular weight is 442 g/mol. The number of anilines is 1. The van der Waals surface area contributed by atoms with E-state index in [2.05, 4.69) is 10.3 Å². The molecule has 1 amide bonds. The zero-order valence-corrected chi connectivity index (χ0v) is 17.6. The molecule has 1 aliphatic heterocycles. The van der Waals surface area contributed by atoms with Crippen LogP contribution in [0.2, 0.25) is 0 Å². The Balaban J connectivity index is 1.49. The minimum Gasteiger partial charge on any atom is -0.493 e. The Morgan fingerprint density at radius 3 is 2.87 bits per heavy atom. The highest BCUT2D eigenvalue weighted by Crippen LogP contribution is 2.39. The van der Waals surface area contributed by atoms with E-state index in [1.165, 1.54) is 29.5 Å². The van der Waals surface area contributed by atoms with Crippen molar-refractivity contribution in [3.05, 3.63) is 58.9 Å². The Labute approximate surface area is 181 Å². The van der Waals surface area contributed by atoms with Gasteiger partial charge in [0.2, 0.25) is 5.91 Å². The van der Waals surface area contributed by atoms with Gasteiger partial charge in [0, 0.05) is 17.5 Å². The monoisotopic (exact) mass is 442 g/mol. The molecule has 0 radical (unpaired) electrons. The van der Waals surface area contributed by atoms with Gasteiger partial charge in [-0.1, -0.05) is 12.1 Å². The van der Waals surface area contributed by atoms with Crippen LogP contribution >= 0.6 is 11.3 Å². The van der Waals surface area contributed by atoms with Crippen LogP contribution in [0.3, 0.4) is 0 Å². The zero-order chi connectivity index (χ0) is 22.0. The number of halogens is 1. The van der Waals surface area contributed by atoms with E-state index in [9.17, 15) is 14.0 Å². The summed E-state index contributed by atoms with van der Waals surface area (Å²) < 4.78 is 29.7. The van der Waals surface area contributed by atoms with E-state index in [1.807, 2.05) is 12.1 Å². The van der Waals surface area contributed by atoms with Crippen molar-refractivity contribution in [2.24, 2.45) is 0 Å². The molecule has 0 unspecified atom stereocenters. The molecule has 1 atom stereocenters. The van der Waals surface area contributed by atoms with Gasteiger partial charge in [0.15, 0.2) is 11.5 Å². The lowest BCUT2D eigenvalue weighted by Crippen LogP contribution is -2.28. The molecular weight excluding hydrogens is 423 g/mol. The summed E-state index contributed by atoms with van der Waals surface area (Å²) >= 11 is 1.39. The second-order valence-corrected chi connectivity index (χ2v) is 7.69. The number of nitrogens with one attached hydrogen (secondary N) is 1. The Morgan fingerprint density at radius 1 is 1.26 bits per heavy atom. The molecule has 0 saturated heterocycles. The number of amides is 1. The molecule has 0 fully saturated rings. The van der Waals surface area contributed by atoms with E-state index in [-0.39, 0.29) is 18.9 Å². The molecule has 1 aliphatic rings. The van der Waals surface area contributed by atoms with Gasteiger partial charge in [0.05, 0.1) is 31.4 Å². The van der Waals surface area contributed by atoms with Crippen LogP contribution in [0.4, 0.5) is 10.1 Å². The molecule has 0 bridgehead atoms. The van der Waals surface area contributed by atoms with Crippen molar-refractivity contribution in [3.8, 4) is 22.1 Å². The third kappa shape index (κ3) is 4.22. The number of thiazole rings is 1. The average Bonchev–Trinajstić information content (AvgIpc) is 3.24. The normalized spacial score (nSPS) is 15.1. The smallest absolute Gasteiger partial charge is 0.314 e. The molecule has 0 saturated carbocycles. The summed E-state index contributed by atoms with van der Waals surface area (Å²) in [6.45, 7) is -0.0454. The predicted molar refractivity (Wildman–Crippen MR) is 113 cm³/mol. The first-order chi connectivity index (χ1) is 15.0. The number of ether oxygens (including phenoxy) is 3. The molecule has 9 heteroatoms. The van der Waals surface area contributed by atoms with Gasteiger partial charge in [-0.3, -0.25) is 9.59 Å². The summed E-state index contributed by atoms with van der Waals surface area (Å²) in [5.41, 5.74) is 2.16. The molecule has 1 N–H and O–H groups in total. The van der Waals surface area contributed by atoms with E-state index in [4.69, 9.17) is 14.2 Å². The fourth-order valence-corrected chi connectivity index (χ4v) is 4.27. The molecule has 0 spiro atoms. The summed E-state index contributed by atoms with van der Waals surface area (Å²) in [5.74, 6) is -1.04. The first-order valence-electron chi connectivity index (χ1n) is 9.42. The number of hydrogen-bond acceptors (Lipinski definition) is 7. The summed E-state index contributed by atoms with van der Waals surface area (Å²) in [4.78, 5) is 29.1. The number of carbonyl (C=O) groups is 2. The van der Waals surface area contributed by atoms with E-state index in [0.29, 0.717) is 33.5 Å². The number of hydrogen-bond donors (Lipinski definition) is 1. The number of aromatic nitrogens is 1. The van der Waals surface area contributed by atoms with Gasteiger partial charge in [-0.15, -0.1) is 11.3 Å². The van der Waals surface area contributed by atoms with Crippen molar-refractivity contribution >= 4 is 28.9 Å². The van der Waals surface area contributed by atoms with Crippen molar-refractivity contribution in [1.82, 2.24) is 4.98 Å². The van der Waals surface area contributed by atoms with Gasteiger partial charge in [0.25, 0.3) is 0 Å². The first kappa shape index (κ1) is 20.8. The fourth-order valence-electron chi connectivity index (χ4n) is 3.45. The number of esters is 1. The lowest BCUT2D eigenvalue weighted by Gasteiger charge is -2.24. The van der Waals surface area contributed by atoms with Crippen molar-refractivity contribution in [2.75, 3.05) is 19.5 Å². The van der Waals surface area contributed by atoms with Gasteiger partial charge >= 0.3 is 5.97 Å². The predicted octanol–water partition coefficient (Wildman–Crippen LogP) is 4.14. The quantitative estimate of drug-likeness (QED) is 0.578. The van der Waals surface area contributed by atoms with E-state index < -0.39 is 17.7 Å². The number of benzene rings is 2. The highest BCUT2D eigenvalue weighted by atomic mass is 32.1. The summed E-state index contributed by atoms with van der Waals surface area (Å²) in [7, 11) is 3.12. The van der Waals surface area contributed by atoms with Crippen LogP contribution in [0.5, 0.6) is 11.5 Å². The Morgan fingerprint density at radius 2 is 2.10 bits per heavy atom. The maximum Gasteiger partial charge on any atom is 0.314 e. The second-order valence-electron chi connectivity index (χ2n) is 6.83. The van der Waals surface area contributed by atoms with E-state index in [1.54, 1.807) is 25.7 Å². The van der Waals surface area contributed by atoms with Crippen molar-refractivity contribution < 1.29 is 28.2 Å². The van der Waals surface area contributed by atoms with Crippen LogP contribution in [-0.2, 0) is 20.9 Å². The maximum absolute atomic E-state index is 13.5. The van der Waals surface area contributed by atoms with Crippen molar-refractivity contribution in [1.29, 1.82) is 0 Å². The second kappa shape index (κ2) is 8.73. The third-order valence-corrected chi connectivity index (χ3v) is 5.81. The number of para-hydroxylation sites is 1. The Bertz CT molecular complexity index is 1150. The molecule has 2 aromatic carbocycles. The van der Waals surface area contributed by atoms with E-state index >= 15 is 0 Å². The first-order valence-corrected chi connectivity index (χ1v) is 10.3. The largest absolute Gasteiger partial charge is 0.493 e. The zero-order valence-electron chi connectivity index (χ0n) is 16.8. The molecule has 160 valence electrons. The number of rotatable bonds is 6. The van der Waals surface area contributed by atoms with Crippen LogP contribution in [0.25, 0.3) is 10.6 Å². The van der Waals surface area contributed by atoms with Crippen molar-refractivity contribution in [3.63, 3.8) is 0 Å². The number of fused-ring (bicyclic) bond motifs is 1. The van der Waals surface area contributed by atoms with Gasteiger partial charge < -0.3 is 19.5 Å². The SMILES string of the molecule is COc1cccc(-c2nc(COC(=O)[C@@H]3CC(=O)Nc4cc(F)ccc43)cs2)c1OC. The van der Waals surface area contributed by atoms with Crippen LogP contribution in [0, 0.1) is 5.82 Å². The number of methoxy groups -OCH3 is 2. The summed E-state index contributed by atoms with van der Waals surface area (Å²) in [5, 5.41) is 5.07. The molecule has 3 aromatic rings. The minimum absolute atomic E-state index is 0.0454. The fraction of sp³-hybridized carbons (Fsp3) is 0.227. The Hall–Kier alpha value is -3.46. The van der Waals surface area contributed by atoms with Crippen LogP contribution in [-0.4, -0.2) is 31.1 Å². The standard InChI is InChI=1S/C22H19FN2O5S/c1-28-18-5-3-4-15(20(18)29-2)21-24-13(11-31-21)10-30-22(27)16-9-19(26)25-17-8-12(23)6-7-14(16)17/h3-8,11,16H,9-10H2,1-2H3,(H,25,26)/t16-/m1/s1. The highest BCUT2D eigenvalue weighted by molar-refractivity contribution is 7.13. The number of nitrogens with zero attached hydrogens (tertiary/aromatic N) is 1. The molecule has 1 aromatic heterocycles. The number of carbonyl (C=O) groups excluding carboxylic acids is 2. The highest BCUT2D eigenvalue weighted by Gasteiger charge is 2.32. The van der Waals surface area contributed by atoms with Crippen LogP contribution < -0.4 is 14.8 Å². The molecular formula is C22H19FN2O5S. The lowest BCUT2D eigenvalue weighted by atomic mass is 9.90. The molecule has 4 rings (SSSR count). The molecule has 31 heavy (non-hydrogen) atoms. The van der Waals surface area contributed by atoms with Crippen molar-refractivity contribution in [2.45, 2.75) is 18.9 Å². The van der Waals surface area contributed by atoms with Gasteiger partial charge in [-0.2, -0.15) is 0 Å². The Kier molecular flexibility index (Phi) is 5.85. The van der Waals surface area contributed by atoms with E-state index in [0.717, 1.165) is 5.56 Å². The third-order valence-electron chi connectivity index (χ3n) is 4.89. The van der Waals surface area contributed by atoms with Gasteiger partial charge in [-0.25, -0.2) is 9.37 Å². The minimum atomic E-state index is -0.791. The van der Waals surface area contributed by atoms with Gasteiger partial charge in [0.1, 0.15) is 17.4 Å². The molecule has 2 heterocycles. The molecule has 0 aliphatic carbocycles. The summed E-state index contributed by atoms with van der Waals surface area (Å²) in [6, 6.07) is 9.44. The van der Waals surface area contributed by atoms with Crippen LogP contribution in [0.1, 0.15) is 23.6 Å².